The zero-order valence-corrected chi connectivity index (χ0v) is 11.2. The first-order valence-electron chi connectivity index (χ1n) is 6.43. The molecule has 0 saturated heterocycles. The summed E-state index contributed by atoms with van der Waals surface area (Å²) in [4.78, 5) is 18.4. The van der Waals surface area contributed by atoms with Crippen LogP contribution in [0, 0.1) is 0 Å². The number of carbonyl (C=O) groups excluding carboxylic acids is 1. The van der Waals surface area contributed by atoms with Crippen molar-refractivity contribution >= 4 is 22.4 Å². The number of para-hydroxylation sites is 1. The normalized spacial score (nSPS) is 10.4. The summed E-state index contributed by atoms with van der Waals surface area (Å²) in [6, 6.07) is 17.4. The van der Waals surface area contributed by atoms with Crippen LogP contribution in [0.15, 0.2) is 67.0 Å². The first kappa shape index (κ1) is 12.4. The van der Waals surface area contributed by atoms with E-state index in [0.717, 1.165) is 16.5 Å². The lowest BCUT2D eigenvalue weighted by atomic mass is 10.1. The highest BCUT2D eigenvalue weighted by Crippen LogP contribution is 2.21. The van der Waals surface area contributed by atoms with E-state index >= 15 is 0 Å². The molecule has 98 valence electrons. The number of aromatic nitrogens is 1. The number of amides is 1. The van der Waals surface area contributed by atoms with E-state index in [1.807, 2.05) is 54.6 Å². The molecule has 0 aliphatic carbocycles. The minimum Gasteiger partial charge on any atom is -0.311 e. The Kier molecular flexibility index (Phi) is 3.17. The Balaban J connectivity index is 2.05. The third-order valence-corrected chi connectivity index (χ3v) is 3.35. The molecule has 3 aromatic rings. The molecule has 20 heavy (non-hydrogen) atoms. The van der Waals surface area contributed by atoms with Crippen molar-refractivity contribution in [2.45, 2.75) is 0 Å². The number of benzene rings is 2. The van der Waals surface area contributed by atoms with Crippen LogP contribution >= 0.6 is 0 Å². The van der Waals surface area contributed by atoms with Gasteiger partial charge in [0.25, 0.3) is 5.91 Å². The molecule has 3 rings (SSSR count). The van der Waals surface area contributed by atoms with E-state index in [0.29, 0.717) is 5.56 Å². The fourth-order valence-corrected chi connectivity index (χ4v) is 2.24. The van der Waals surface area contributed by atoms with E-state index in [1.165, 1.54) is 0 Å². The molecule has 0 radical (unpaired) electrons. The lowest BCUT2D eigenvalue weighted by Gasteiger charge is -2.18. The highest BCUT2D eigenvalue weighted by Gasteiger charge is 2.16. The zero-order valence-electron chi connectivity index (χ0n) is 11.2. The summed E-state index contributed by atoms with van der Waals surface area (Å²) in [7, 11) is 1.78. The maximum atomic E-state index is 12.6. The van der Waals surface area contributed by atoms with E-state index in [2.05, 4.69) is 4.98 Å². The Bertz CT molecular complexity index is 748. The van der Waals surface area contributed by atoms with Gasteiger partial charge in [0.15, 0.2) is 0 Å². The van der Waals surface area contributed by atoms with Gasteiger partial charge in [0, 0.05) is 30.5 Å². The van der Waals surface area contributed by atoms with Crippen molar-refractivity contribution in [3.8, 4) is 0 Å². The second-order valence-electron chi connectivity index (χ2n) is 4.61. The number of nitrogens with zero attached hydrogens (tertiary/aromatic N) is 2. The van der Waals surface area contributed by atoms with Crippen molar-refractivity contribution in [2.75, 3.05) is 11.9 Å². The molecule has 1 aromatic heterocycles. The van der Waals surface area contributed by atoms with Crippen LogP contribution in [0.4, 0.5) is 5.69 Å². The van der Waals surface area contributed by atoms with Gasteiger partial charge in [0.1, 0.15) is 0 Å². The lowest BCUT2D eigenvalue weighted by molar-refractivity contribution is 0.0994. The van der Waals surface area contributed by atoms with Crippen molar-refractivity contribution in [1.82, 2.24) is 4.98 Å². The number of hydrogen-bond acceptors (Lipinski definition) is 2. The van der Waals surface area contributed by atoms with Gasteiger partial charge in [0.2, 0.25) is 0 Å². The second-order valence-corrected chi connectivity index (χ2v) is 4.61. The van der Waals surface area contributed by atoms with Gasteiger partial charge in [-0.25, -0.2) is 0 Å². The third kappa shape index (κ3) is 2.14. The number of fused-ring (bicyclic) bond motifs is 1. The molecule has 0 aliphatic heterocycles. The second kappa shape index (κ2) is 5.13. The number of carbonyl (C=O) groups is 1. The topological polar surface area (TPSA) is 33.2 Å². The summed E-state index contributed by atoms with van der Waals surface area (Å²) in [5, 5.41) is 1.90. The number of rotatable bonds is 2. The smallest absolute Gasteiger partial charge is 0.260 e. The van der Waals surface area contributed by atoms with E-state index in [9.17, 15) is 4.79 Å². The van der Waals surface area contributed by atoms with Crippen molar-refractivity contribution in [2.24, 2.45) is 0 Å². The fraction of sp³-hybridized carbons (Fsp3) is 0.0588. The van der Waals surface area contributed by atoms with Crippen molar-refractivity contribution in [1.29, 1.82) is 0 Å². The van der Waals surface area contributed by atoms with Gasteiger partial charge in [-0.2, -0.15) is 0 Å². The predicted octanol–water partition coefficient (Wildman–Crippen LogP) is 3.51. The van der Waals surface area contributed by atoms with Crippen LogP contribution in [0.5, 0.6) is 0 Å². The van der Waals surface area contributed by atoms with Crippen LogP contribution in [0.1, 0.15) is 10.4 Å². The summed E-state index contributed by atoms with van der Waals surface area (Å²) in [5.41, 5.74) is 1.49. The Morgan fingerprint density at radius 1 is 0.950 bits per heavy atom. The molecular formula is C17H14N2O. The molecule has 1 amide bonds. The molecule has 1 heterocycles. The quantitative estimate of drug-likeness (QED) is 0.708. The Hall–Kier alpha value is -2.68. The lowest BCUT2D eigenvalue weighted by Crippen LogP contribution is -2.26. The number of anilines is 1. The highest BCUT2D eigenvalue weighted by atomic mass is 16.2. The molecular weight excluding hydrogens is 248 g/mol. The minimum atomic E-state index is -0.0551. The van der Waals surface area contributed by atoms with Gasteiger partial charge < -0.3 is 4.90 Å². The van der Waals surface area contributed by atoms with Crippen molar-refractivity contribution in [3.05, 3.63) is 72.6 Å². The third-order valence-electron chi connectivity index (χ3n) is 3.35. The van der Waals surface area contributed by atoms with Crippen LogP contribution in [-0.4, -0.2) is 17.9 Å². The van der Waals surface area contributed by atoms with E-state index < -0.39 is 0 Å². The molecule has 0 spiro atoms. The number of hydrogen-bond donors (Lipinski definition) is 0. The van der Waals surface area contributed by atoms with Gasteiger partial charge in [-0.15, -0.1) is 0 Å². The van der Waals surface area contributed by atoms with Crippen LogP contribution in [0.2, 0.25) is 0 Å². The average Bonchev–Trinajstić information content (AvgIpc) is 2.54. The first-order valence-corrected chi connectivity index (χ1v) is 6.43. The van der Waals surface area contributed by atoms with Crippen molar-refractivity contribution in [3.63, 3.8) is 0 Å². The van der Waals surface area contributed by atoms with Crippen LogP contribution in [0.25, 0.3) is 10.8 Å². The highest BCUT2D eigenvalue weighted by molar-refractivity contribution is 6.13. The molecule has 0 unspecified atom stereocenters. The largest absolute Gasteiger partial charge is 0.311 e. The molecule has 2 aromatic carbocycles. The van der Waals surface area contributed by atoms with Gasteiger partial charge >= 0.3 is 0 Å². The summed E-state index contributed by atoms with van der Waals surface area (Å²) < 4.78 is 0. The monoisotopic (exact) mass is 262 g/mol. The maximum absolute atomic E-state index is 12.6. The number of pyridine rings is 1. The van der Waals surface area contributed by atoms with Gasteiger partial charge in [-0.05, 0) is 17.5 Å². The van der Waals surface area contributed by atoms with E-state index in [1.54, 1.807) is 24.3 Å². The van der Waals surface area contributed by atoms with Gasteiger partial charge in [-0.1, -0.05) is 42.5 Å². The standard InChI is InChI=1S/C17H14N2O/c1-19(14-8-3-2-4-9-14)17(20)16-12-18-11-13-7-5-6-10-15(13)16/h2-12H,1H3. The molecule has 3 nitrogen and oxygen atoms in total. The molecule has 0 N–H and O–H groups in total. The molecule has 3 heteroatoms. The molecule has 0 saturated carbocycles. The molecule has 0 atom stereocenters. The minimum absolute atomic E-state index is 0.0551. The van der Waals surface area contributed by atoms with E-state index in [4.69, 9.17) is 0 Å². The van der Waals surface area contributed by atoms with Crippen LogP contribution < -0.4 is 4.90 Å². The van der Waals surface area contributed by atoms with Gasteiger partial charge in [-0.3, -0.25) is 9.78 Å². The Labute approximate surface area is 117 Å². The van der Waals surface area contributed by atoms with Crippen LogP contribution in [0.3, 0.4) is 0 Å². The fourth-order valence-electron chi connectivity index (χ4n) is 2.24. The SMILES string of the molecule is CN(C(=O)c1cncc2ccccc12)c1ccccc1. The molecule has 0 bridgehead atoms. The Morgan fingerprint density at radius 2 is 1.65 bits per heavy atom. The zero-order chi connectivity index (χ0) is 13.9. The predicted molar refractivity (Wildman–Crippen MR) is 80.9 cm³/mol. The van der Waals surface area contributed by atoms with Gasteiger partial charge in [0.05, 0.1) is 5.56 Å². The van der Waals surface area contributed by atoms with E-state index in [-0.39, 0.29) is 5.91 Å². The summed E-state index contributed by atoms with van der Waals surface area (Å²) in [6.07, 6.45) is 3.40. The summed E-state index contributed by atoms with van der Waals surface area (Å²) in [6.45, 7) is 0. The van der Waals surface area contributed by atoms with Crippen LogP contribution in [-0.2, 0) is 0 Å². The maximum Gasteiger partial charge on any atom is 0.260 e. The molecule has 0 fully saturated rings. The summed E-state index contributed by atoms with van der Waals surface area (Å²) >= 11 is 0. The average molecular weight is 262 g/mol. The molecule has 0 aliphatic rings. The summed E-state index contributed by atoms with van der Waals surface area (Å²) in [5.74, 6) is -0.0551. The Morgan fingerprint density at radius 3 is 2.45 bits per heavy atom. The van der Waals surface area contributed by atoms with Crippen molar-refractivity contribution < 1.29 is 4.79 Å². The first-order chi connectivity index (χ1) is 9.77.